The predicted octanol–water partition coefficient (Wildman–Crippen LogP) is 4.38. The lowest BCUT2D eigenvalue weighted by molar-refractivity contribution is -0.117. The van der Waals surface area contributed by atoms with Gasteiger partial charge in [-0.2, -0.15) is 5.26 Å². The maximum absolute atomic E-state index is 13.2. The normalized spacial score (nSPS) is 18.0. The summed E-state index contributed by atoms with van der Waals surface area (Å²) < 4.78 is 1.84. The van der Waals surface area contributed by atoms with Gasteiger partial charge in [-0.1, -0.05) is 55.8 Å². The molecule has 3 rings (SSSR count). The van der Waals surface area contributed by atoms with Gasteiger partial charge in [-0.15, -0.1) is 0 Å². The Morgan fingerprint density at radius 2 is 1.71 bits per heavy atom. The number of thioether (sulfide) groups is 1. The first-order valence-electron chi connectivity index (χ1n) is 8.31. The lowest BCUT2D eigenvalue weighted by Crippen LogP contribution is -2.31. The maximum atomic E-state index is 13.2. The Kier molecular flexibility index (Phi) is 6.60. The van der Waals surface area contributed by atoms with E-state index in [0.717, 1.165) is 14.5 Å². The van der Waals surface area contributed by atoms with Crippen LogP contribution in [0.2, 0.25) is 0 Å². The number of anilines is 1. The molecule has 2 aromatic rings. The van der Waals surface area contributed by atoms with Gasteiger partial charge in [0.1, 0.15) is 16.7 Å². The third-order valence-corrected chi connectivity index (χ3v) is 6.47. The van der Waals surface area contributed by atoms with Crippen LogP contribution in [0.1, 0.15) is 5.56 Å². The summed E-state index contributed by atoms with van der Waals surface area (Å²) >= 11 is 8.04. The zero-order chi connectivity index (χ0) is 20.3. The van der Waals surface area contributed by atoms with E-state index >= 15 is 0 Å². The van der Waals surface area contributed by atoms with Crippen LogP contribution in [0.3, 0.4) is 0 Å². The van der Waals surface area contributed by atoms with Crippen molar-refractivity contribution in [2.75, 3.05) is 11.9 Å². The summed E-state index contributed by atoms with van der Waals surface area (Å²) in [5.41, 5.74) is 1.55. The van der Waals surface area contributed by atoms with Gasteiger partial charge in [0.15, 0.2) is 0 Å². The molecule has 1 aliphatic rings. The Labute approximate surface area is 184 Å². The van der Waals surface area contributed by atoms with Gasteiger partial charge in [0.25, 0.3) is 5.91 Å². The summed E-state index contributed by atoms with van der Waals surface area (Å²) in [7, 11) is 1.46. The summed E-state index contributed by atoms with van der Waals surface area (Å²) in [6, 6.07) is 16.9. The average molecular weight is 521 g/mol. The molecule has 2 amide bonds. The first kappa shape index (κ1) is 20.6. The fourth-order valence-corrected chi connectivity index (χ4v) is 4.61. The van der Waals surface area contributed by atoms with Crippen molar-refractivity contribution in [2.24, 2.45) is 0 Å². The second-order valence-electron chi connectivity index (χ2n) is 5.96. The third-order valence-electron chi connectivity index (χ3n) is 4.15. The Hall–Kier alpha value is -2.08. The van der Waals surface area contributed by atoms with Gasteiger partial charge in [0.2, 0.25) is 5.91 Å². The minimum atomic E-state index is -0.510. The van der Waals surface area contributed by atoms with Crippen molar-refractivity contribution in [3.8, 4) is 6.07 Å². The van der Waals surface area contributed by atoms with Gasteiger partial charge in [-0.25, -0.2) is 0 Å². The third kappa shape index (κ3) is 4.32. The zero-order valence-electron chi connectivity index (χ0n) is 14.8. The van der Waals surface area contributed by atoms with Crippen molar-refractivity contribution < 1.29 is 9.59 Å². The van der Waals surface area contributed by atoms with E-state index in [1.54, 1.807) is 12.1 Å². The molecule has 0 radical (unpaired) electrons. The van der Waals surface area contributed by atoms with Gasteiger partial charge in [-0.05, 0) is 48.4 Å². The van der Waals surface area contributed by atoms with Crippen LogP contribution in [-0.2, 0) is 16.0 Å². The number of rotatable bonds is 4. The predicted molar refractivity (Wildman–Crippen MR) is 118 cm³/mol. The van der Waals surface area contributed by atoms with Crippen molar-refractivity contribution in [1.29, 1.82) is 5.26 Å². The number of nitrogens with zero attached hydrogens (tertiary/aromatic N) is 2. The Balaban J connectivity index is 2.03. The highest BCUT2D eigenvalue weighted by Gasteiger charge is 2.40. The second-order valence-corrected chi connectivity index (χ2v) is 8.98. The molecule has 142 valence electrons. The van der Waals surface area contributed by atoms with Crippen LogP contribution in [0.5, 0.6) is 0 Å². The highest BCUT2D eigenvalue weighted by molar-refractivity contribution is 9.10. The quantitative estimate of drug-likeness (QED) is 0.479. The largest absolute Gasteiger partial charge is 0.354 e. The number of hydrogen-bond donors (Lipinski definition) is 1. The number of amides is 2. The van der Waals surface area contributed by atoms with Gasteiger partial charge >= 0.3 is 0 Å². The molecule has 1 atom stereocenters. The molecule has 0 aliphatic carbocycles. The van der Waals surface area contributed by atoms with Crippen molar-refractivity contribution in [3.63, 3.8) is 0 Å². The fraction of sp³-hybridized carbons (Fsp3) is 0.150. The molecular weight excluding hydrogens is 506 g/mol. The lowest BCUT2D eigenvalue weighted by atomic mass is 10.1. The lowest BCUT2D eigenvalue weighted by Gasteiger charge is -2.18. The molecule has 1 fully saturated rings. The van der Waals surface area contributed by atoms with Crippen molar-refractivity contribution >= 4 is 61.1 Å². The molecule has 0 spiro atoms. The van der Waals surface area contributed by atoms with Crippen LogP contribution in [0.25, 0.3) is 0 Å². The zero-order valence-corrected chi connectivity index (χ0v) is 18.8. The van der Waals surface area contributed by atoms with Crippen molar-refractivity contribution in [1.82, 2.24) is 5.32 Å². The number of hydrogen-bond acceptors (Lipinski definition) is 4. The van der Waals surface area contributed by atoms with Crippen molar-refractivity contribution in [2.45, 2.75) is 11.7 Å². The fourth-order valence-electron chi connectivity index (χ4n) is 2.77. The molecule has 1 heterocycles. The molecule has 0 aromatic heterocycles. The second kappa shape index (κ2) is 8.95. The first-order chi connectivity index (χ1) is 13.4. The minimum absolute atomic E-state index is 0.0675. The monoisotopic (exact) mass is 519 g/mol. The van der Waals surface area contributed by atoms with E-state index in [4.69, 9.17) is 0 Å². The van der Waals surface area contributed by atoms with Crippen molar-refractivity contribution in [3.05, 3.63) is 73.6 Å². The molecule has 0 saturated carbocycles. The Morgan fingerprint density at radius 3 is 2.25 bits per heavy atom. The van der Waals surface area contributed by atoms with Crippen LogP contribution in [-0.4, -0.2) is 24.1 Å². The molecule has 8 heteroatoms. The molecule has 1 N–H and O–H groups in total. The van der Waals surface area contributed by atoms with Gasteiger partial charge in [-0.3, -0.25) is 14.5 Å². The molecule has 1 saturated heterocycles. The number of carbonyl (C=O) groups excluding carboxylic acids is 2. The standard InChI is InChI=1S/C20H15Br2N3O2S/c1-24-18(26)16(11-23)20-25(15-8-6-14(22)7-9-15)19(27)17(28-20)10-12-2-4-13(21)5-3-12/h2-9,17H,10H2,1H3,(H,24,26)/b20-16-. The first-order valence-corrected chi connectivity index (χ1v) is 10.8. The maximum Gasteiger partial charge on any atom is 0.264 e. The number of nitrogens with one attached hydrogen (secondary N) is 1. The Morgan fingerprint density at radius 1 is 1.14 bits per heavy atom. The molecule has 1 aliphatic heterocycles. The highest BCUT2D eigenvalue weighted by atomic mass is 79.9. The van der Waals surface area contributed by atoms with E-state index in [-0.39, 0.29) is 11.5 Å². The molecule has 0 bridgehead atoms. The van der Waals surface area contributed by atoms with Crippen LogP contribution >= 0.6 is 43.6 Å². The molecule has 2 aromatic carbocycles. The van der Waals surface area contributed by atoms with E-state index in [1.807, 2.05) is 42.5 Å². The van der Waals surface area contributed by atoms with Gasteiger partial charge in [0, 0.05) is 21.7 Å². The van der Waals surface area contributed by atoms with E-state index in [1.165, 1.54) is 23.7 Å². The molecule has 28 heavy (non-hydrogen) atoms. The minimum Gasteiger partial charge on any atom is -0.354 e. The number of likely N-dealkylation sites (N-methyl/N-ethyl adjacent to an activating group) is 1. The van der Waals surface area contributed by atoms with E-state index in [2.05, 4.69) is 37.2 Å². The number of nitriles is 1. The molecular formula is C20H15Br2N3O2S. The number of halogens is 2. The molecule has 5 nitrogen and oxygen atoms in total. The average Bonchev–Trinajstić information content (AvgIpc) is 3.00. The van der Waals surface area contributed by atoms with Crippen LogP contribution < -0.4 is 10.2 Å². The summed E-state index contributed by atoms with van der Waals surface area (Å²) in [6.07, 6.45) is 0.500. The number of carbonyl (C=O) groups is 2. The van der Waals surface area contributed by atoms with Crippen LogP contribution in [0.15, 0.2) is 68.1 Å². The number of benzene rings is 2. The summed E-state index contributed by atoms with van der Waals surface area (Å²) in [5.74, 6) is -0.661. The van der Waals surface area contributed by atoms with E-state index in [0.29, 0.717) is 17.1 Å². The summed E-state index contributed by atoms with van der Waals surface area (Å²) in [5, 5.41) is 12.0. The topological polar surface area (TPSA) is 73.2 Å². The van der Waals surface area contributed by atoms with E-state index < -0.39 is 11.2 Å². The molecule has 1 unspecified atom stereocenters. The summed E-state index contributed by atoms with van der Waals surface area (Å²) in [6.45, 7) is 0. The van der Waals surface area contributed by atoms with Gasteiger partial charge < -0.3 is 5.32 Å². The SMILES string of the molecule is CNC(=O)/C(C#N)=C1\SC(Cc2ccc(Br)cc2)C(=O)N1c1ccc(Br)cc1. The van der Waals surface area contributed by atoms with E-state index in [9.17, 15) is 14.9 Å². The van der Waals surface area contributed by atoms with Crippen LogP contribution in [0, 0.1) is 11.3 Å². The van der Waals surface area contributed by atoms with Gasteiger partial charge in [0.05, 0.1) is 5.25 Å². The highest BCUT2D eigenvalue weighted by Crippen LogP contribution is 2.42. The Bertz CT molecular complexity index is 982. The summed E-state index contributed by atoms with van der Waals surface area (Å²) in [4.78, 5) is 26.9. The van der Waals surface area contributed by atoms with Crippen LogP contribution in [0.4, 0.5) is 5.69 Å². The smallest absolute Gasteiger partial charge is 0.264 e.